The summed E-state index contributed by atoms with van der Waals surface area (Å²) in [4.78, 5) is 14.0. The minimum Gasteiger partial charge on any atom is -0.367 e. The predicted octanol–water partition coefficient (Wildman–Crippen LogP) is 0.687. The maximum Gasteiger partial charge on any atom is 0.271 e. The Hall–Kier alpha value is -1.34. The number of hydrogen-bond donors (Lipinski definition) is 2. The van der Waals surface area contributed by atoms with Crippen LogP contribution in [-0.4, -0.2) is 65.2 Å². The van der Waals surface area contributed by atoms with Crippen LogP contribution in [0.25, 0.3) is 0 Å². The lowest BCUT2D eigenvalue weighted by atomic mass is 10.3. The Morgan fingerprint density at radius 1 is 1.35 bits per heavy atom. The second-order valence-corrected chi connectivity index (χ2v) is 5.77. The number of thioether (sulfide) groups is 1. The van der Waals surface area contributed by atoms with Gasteiger partial charge in [-0.2, -0.15) is 11.8 Å². The van der Waals surface area contributed by atoms with Crippen molar-refractivity contribution >= 4 is 23.5 Å². The van der Waals surface area contributed by atoms with E-state index in [2.05, 4.69) is 25.7 Å². The van der Waals surface area contributed by atoms with Gasteiger partial charge in [0.05, 0.1) is 0 Å². The van der Waals surface area contributed by atoms with E-state index in [0.717, 1.165) is 26.2 Å². The van der Waals surface area contributed by atoms with Gasteiger partial charge in [0.1, 0.15) is 5.82 Å². The number of nitrogens with one attached hydrogen (secondary N) is 2. The summed E-state index contributed by atoms with van der Waals surface area (Å²) in [6.45, 7) is 6.65. The van der Waals surface area contributed by atoms with Crippen LogP contribution < -0.4 is 10.6 Å². The van der Waals surface area contributed by atoms with Crippen molar-refractivity contribution < 1.29 is 4.79 Å². The van der Waals surface area contributed by atoms with E-state index in [1.165, 1.54) is 11.5 Å². The van der Waals surface area contributed by atoms with Gasteiger partial charge in [0, 0.05) is 44.2 Å². The van der Waals surface area contributed by atoms with Gasteiger partial charge in [-0.05, 0) is 19.1 Å². The zero-order chi connectivity index (χ0) is 14.2. The third-order valence-corrected chi connectivity index (χ3v) is 4.01. The molecule has 1 aliphatic heterocycles. The lowest BCUT2D eigenvalue weighted by molar-refractivity contribution is 0.0950. The second-order valence-electron chi connectivity index (χ2n) is 4.54. The molecule has 0 radical (unpaired) electrons. The quantitative estimate of drug-likeness (QED) is 0.804. The monoisotopic (exact) mass is 295 g/mol. The van der Waals surface area contributed by atoms with Gasteiger partial charge in [0.25, 0.3) is 5.91 Å². The van der Waals surface area contributed by atoms with Gasteiger partial charge >= 0.3 is 0 Å². The summed E-state index contributed by atoms with van der Waals surface area (Å²) < 4.78 is 0. The Balaban J connectivity index is 1.74. The number of aromatic nitrogens is 2. The average molecular weight is 295 g/mol. The molecule has 2 heterocycles. The van der Waals surface area contributed by atoms with Gasteiger partial charge in [-0.15, -0.1) is 10.2 Å². The maximum absolute atomic E-state index is 11.5. The second kappa shape index (κ2) is 8.06. The maximum atomic E-state index is 11.5. The summed E-state index contributed by atoms with van der Waals surface area (Å²) in [7, 11) is 0. The van der Waals surface area contributed by atoms with Crippen LogP contribution in [-0.2, 0) is 0 Å². The summed E-state index contributed by atoms with van der Waals surface area (Å²) in [5, 5.41) is 13.9. The van der Waals surface area contributed by atoms with Crippen molar-refractivity contribution in [2.75, 3.05) is 49.5 Å². The van der Waals surface area contributed by atoms with E-state index in [1.54, 1.807) is 12.1 Å². The number of carbonyl (C=O) groups excluding carboxylic acids is 1. The van der Waals surface area contributed by atoms with Crippen molar-refractivity contribution in [1.29, 1.82) is 0 Å². The molecule has 7 heteroatoms. The number of nitrogens with zero attached hydrogens (tertiary/aromatic N) is 3. The zero-order valence-electron chi connectivity index (χ0n) is 11.8. The van der Waals surface area contributed by atoms with Gasteiger partial charge in [-0.25, -0.2) is 0 Å². The number of anilines is 1. The third-order valence-electron chi connectivity index (χ3n) is 3.07. The Kier molecular flexibility index (Phi) is 6.07. The molecule has 2 rings (SSSR count). The molecule has 0 aromatic carbocycles. The molecule has 1 aromatic heterocycles. The molecule has 2 N–H and O–H groups in total. The molecule has 1 aliphatic rings. The lowest BCUT2D eigenvalue weighted by Crippen LogP contribution is -2.36. The van der Waals surface area contributed by atoms with Gasteiger partial charge < -0.3 is 10.6 Å². The fourth-order valence-electron chi connectivity index (χ4n) is 1.97. The third kappa shape index (κ3) is 4.64. The fraction of sp³-hybridized carbons (Fsp3) is 0.615. The van der Waals surface area contributed by atoms with E-state index in [9.17, 15) is 4.79 Å². The topological polar surface area (TPSA) is 70.2 Å². The molecule has 1 amide bonds. The van der Waals surface area contributed by atoms with E-state index < -0.39 is 0 Å². The van der Waals surface area contributed by atoms with Crippen LogP contribution in [0.3, 0.4) is 0 Å². The molecule has 0 saturated carbocycles. The highest BCUT2D eigenvalue weighted by Gasteiger charge is 2.10. The first kappa shape index (κ1) is 15.1. The molecule has 0 atom stereocenters. The first-order valence-electron chi connectivity index (χ1n) is 6.95. The molecule has 110 valence electrons. The van der Waals surface area contributed by atoms with Gasteiger partial charge in [0.2, 0.25) is 0 Å². The Morgan fingerprint density at radius 2 is 2.15 bits per heavy atom. The van der Waals surface area contributed by atoms with Crippen LogP contribution in [0.2, 0.25) is 0 Å². The highest BCUT2D eigenvalue weighted by Crippen LogP contribution is 2.08. The smallest absolute Gasteiger partial charge is 0.271 e. The number of hydrogen-bond acceptors (Lipinski definition) is 6. The van der Waals surface area contributed by atoms with Crippen LogP contribution in [0.5, 0.6) is 0 Å². The van der Waals surface area contributed by atoms with E-state index >= 15 is 0 Å². The van der Waals surface area contributed by atoms with Crippen LogP contribution in [0.4, 0.5) is 5.82 Å². The average Bonchev–Trinajstić information content (AvgIpc) is 2.49. The summed E-state index contributed by atoms with van der Waals surface area (Å²) in [5.74, 6) is 2.98. The Bertz CT molecular complexity index is 419. The van der Waals surface area contributed by atoms with Crippen LogP contribution >= 0.6 is 11.8 Å². The SMILES string of the molecule is CCNC(=O)c1ccc(NCCN2CCSCC2)nn1. The molecule has 1 fully saturated rings. The van der Waals surface area contributed by atoms with Crippen molar-refractivity contribution in [2.45, 2.75) is 6.92 Å². The molecular formula is C13H21N5OS. The van der Waals surface area contributed by atoms with Crippen LogP contribution in [0, 0.1) is 0 Å². The number of amides is 1. The number of carbonyl (C=O) groups is 1. The van der Waals surface area contributed by atoms with Crippen molar-refractivity contribution in [2.24, 2.45) is 0 Å². The summed E-state index contributed by atoms with van der Waals surface area (Å²) in [6, 6.07) is 3.49. The molecule has 1 aromatic rings. The van der Waals surface area contributed by atoms with E-state index in [1.807, 2.05) is 18.7 Å². The minimum atomic E-state index is -0.183. The van der Waals surface area contributed by atoms with E-state index in [4.69, 9.17) is 0 Å². The summed E-state index contributed by atoms with van der Waals surface area (Å²) >= 11 is 2.01. The Labute approximate surface area is 123 Å². The largest absolute Gasteiger partial charge is 0.367 e. The Morgan fingerprint density at radius 3 is 2.80 bits per heavy atom. The fourth-order valence-corrected chi connectivity index (χ4v) is 2.94. The predicted molar refractivity (Wildman–Crippen MR) is 82.3 cm³/mol. The van der Waals surface area contributed by atoms with Crippen molar-refractivity contribution in [3.63, 3.8) is 0 Å². The van der Waals surface area contributed by atoms with Gasteiger partial charge in [0.15, 0.2) is 5.69 Å². The zero-order valence-corrected chi connectivity index (χ0v) is 12.6. The molecule has 0 unspecified atom stereocenters. The standard InChI is InChI=1S/C13H21N5OS/c1-2-14-13(19)11-3-4-12(17-16-11)15-5-6-18-7-9-20-10-8-18/h3-4H,2,5-10H2,1H3,(H,14,19)(H,15,17). The molecule has 0 aliphatic carbocycles. The molecular weight excluding hydrogens is 274 g/mol. The first-order chi connectivity index (χ1) is 9.79. The molecule has 1 saturated heterocycles. The van der Waals surface area contributed by atoms with Crippen molar-refractivity contribution in [3.05, 3.63) is 17.8 Å². The molecule has 20 heavy (non-hydrogen) atoms. The number of rotatable bonds is 6. The van der Waals surface area contributed by atoms with Crippen LogP contribution in [0.1, 0.15) is 17.4 Å². The lowest BCUT2D eigenvalue weighted by Gasteiger charge is -2.26. The van der Waals surface area contributed by atoms with Gasteiger partial charge in [-0.3, -0.25) is 9.69 Å². The van der Waals surface area contributed by atoms with Crippen molar-refractivity contribution in [1.82, 2.24) is 20.4 Å². The molecule has 0 bridgehead atoms. The first-order valence-corrected chi connectivity index (χ1v) is 8.11. The molecule has 6 nitrogen and oxygen atoms in total. The normalized spacial score (nSPS) is 15.8. The molecule has 0 spiro atoms. The van der Waals surface area contributed by atoms with Gasteiger partial charge in [-0.1, -0.05) is 0 Å². The van der Waals surface area contributed by atoms with Crippen LogP contribution in [0.15, 0.2) is 12.1 Å². The summed E-state index contributed by atoms with van der Waals surface area (Å²) in [6.07, 6.45) is 0. The van der Waals surface area contributed by atoms with Crippen molar-refractivity contribution in [3.8, 4) is 0 Å². The van der Waals surface area contributed by atoms with E-state index in [-0.39, 0.29) is 5.91 Å². The minimum absolute atomic E-state index is 0.183. The highest BCUT2D eigenvalue weighted by molar-refractivity contribution is 7.99. The highest BCUT2D eigenvalue weighted by atomic mass is 32.2. The summed E-state index contributed by atoms with van der Waals surface area (Å²) in [5.41, 5.74) is 0.352. The van der Waals surface area contributed by atoms with E-state index in [0.29, 0.717) is 18.1 Å².